The molecular formula is C13H14ClN3O2. The van der Waals surface area contributed by atoms with Crippen molar-refractivity contribution in [1.82, 2.24) is 9.97 Å². The summed E-state index contributed by atoms with van der Waals surface area (Å²) in [6.07, 6.45) is 1.20. The van der Waals surface area contributed by atoms with Gasteiger partial charge < -0.3 is 15.8 Å². The van der Waals surface area contributed by atoms with Crippen LogP contribution in [-0.2, 0) is 6.42 Å². The lowest BCUT2D eigenvalue weighted by Crippen LogP contribution is -2.15. The molecule has 1 aromatic heterocycles. The van der Waals surface area contributed by atoms with Crippen LogP contribution in [0, 0.1) is 0 Å². The third-order valence-corrected chi connectivity index (χ3v) is 3.04. The quantitative estimate of drug-likeness (QED) is 0.794. The molecular weight excluding hydrogens is 266 g/mol. The first-order chi connectivity index (χ1) is 9.13. The molecule has 0 fully saturated rings. The molecule has 0 aliphatic heterocycles. The van der Waals surface area contributed by atoms with Crippen LogP contribution in [0.3, 0.4) is 0 Å². The van der Waals surface area contributed by atoms with Crippen molar-refractivity contribution < 1.29 is 5.11 Å². The van der Waals surface area contributed by atoms with E-state index in [0.717, 1.165) is 0 Å². The minimum absolute atomic E-state index is 0.0853. The lowest BCUT2D eigenvalue weighted by Gasteiger charge is -2.07. The van der Waals surface area contributed by atoms with Gasteiger partial charge in [-0.05, 0) is 19.0 Å². The third kappa shape index (κ3) is 2.94. The van der Waals surface area contributed by atoms with Crippen molar-refractivity contribution in [3.8, 4) is 17.0 Å². The van der Waals surface area contributed by atoms with Crippen LogP contribution in [0.4, 0.5) is 0 Å². The summed E-state index contributed by atoms with van der Waals surface area (Å²) in [7, 11) is 0. The predicted molar refractivity (Wildman–Crippen MR) is 74.3 cm³/mol. The normalized spacial score (nSPS) is 10.6. The molecule has 0 atom stereocenters. The van der Waals surface area contributed by atoms with Crippen molar-refractivity contribution in [3.05, 3.63) is 45.5 Å². The number of rotatable bonds is 4. The summed E-state index contributed by atoms with van der Waals surface area (Å²) in [6, 6.07) is 6.80. The molecule has 0 amide bonds. The molecule has 2 rings (SSSR count). The number of hydrogen-bond donors (Lipinski definition) is 3. The van der Waals surface area contributed by atoms with Gasteiger partial charge in [0.25, 0.3) is 5.56 Å². The van der Waals surface area contributed by atoms with Crippen molar-refractivity contribution in [2.75, 3.05) is 6.54 Å². The first-order valence-corrected chi connectivity index (χ1v) is 6.28. The van der Waals surface area contributed by atoms with Crippen LogP contribution in [0.15, 0.2) is 29.1 Å². The lowest BCUT2D eigenvalue weighted by molar-refractivity contribution is 0.449. The van der Waals surface area contributed by atoms with Gasteiger partial charge in [-0.2, -0.15) is 4.98 Å². The van der Waals surface area contributed by atoms with Crippen molar-refractivity contribution >= 4 is 11.6 Å². The van der Waals surface area contributed by atoms with Gasteiger partial charge in [-0.15, -0.1) is 0 Å². The van der Waals surface area contributed by atoms with E-state index < -0.39 is 5.56 Å². The molecule has 0 radical (unpaired) electrons. The summed E-state index contributed by atoms with van der Waals surface area (Å²) in [5.74, 6) is 0.104. The number of halogens is 1. The molecule has 6 heteroatoms. The van der Waals surface area contributed by atoms with Gasteiger partial charge in [0, 0.05) is 17.0 Å². The zero-order chi connectivity index (χ0) is 13.8. The summed E-state index contributed by atoms with van der Waals surface area (Å²) < 4.78 is 0. The van der Waals surface area contributed by atoms with Crippen LogP contribution in [0.5, 0.6) is 5.88 Å². The fourth-order valence-electron chi connectivity index (χ4n) is 1.80. The van der Waals surface area contributed by atoms with Gasteiger partial charge in [0.1, 0.15) is 11.4 Å². The predicted octanol–water partition coefficient (Wildman–Crippen LogP) is 1.69. The fraction of sp³-hybridized carbons (Fsp3) is 0.231. The summed E-state index contributed by atoms with van der Waals surface area (Å²) in [4.78, 5) is 18.6. The fourth-order valence-corrected chi connectivity index (χ4v) is 2.03. The summed E-state index contributed by atoms with van der Waals surface area (Å²) >= 11 is 6.02. The number of benzene rings is 1. The topological polar surface area (TPSA) is 92.0 Å². The molecule has 0 aliphatic carbocycles. The number of aromatic amines is 1. The average molecular weight is 280 g/mol. The molecule has 0 spiro atoms. The lowest BCUT2D eigenvalue weighted by atomic mass is 10.1. The van der Waals surface area contributed by atoms with Crippen molar-refractivity contribution in [3.63, 3.8) is 0 Å². The Hall–Kier alpha value is -1.85. The van der Waals surface area contributed by atoms with Gasteiger partial charge in [0.2, 0.25) is 5.88 Å². The van der Waals surface area contributed by atoms with E-state index in [-0.39, 0.29) is 11.4 Å². The van der Waals surface area contributed by atoms with Gasteiger partial charge in [-0.3, -0.25) is 4.79 Å². The minimum atomic E-state index is -0.410. The zero-order valence-electron chi connectivity index (χ0n) is 10.2. The molecule has 2 aromatic rings. The van der Waals surface area contributed by atoms with Crippen LogP contribution in [0.1, 0.15) is 12.2 Å². The van der Waals surface area contributed by atoms with Gasteiger partial charge >= 0.3 is 0 Å². The standard InChI is InChI=1S/C13H14ClN3O2/c14-9-5-2-1-4-8(9)11-12(18)16-10(6-3-7-15)17-13(11)19/h1-2,4-5H,3,6-7,15H2,(H2,16,17,18,19). The number of aromatic hydroxyl groups is 1. The summed E-state index contributed by atoms with van der Waals surface area (Å²) in [6.45, 7) is 0.497. The Morgan fingerprint density at radius 2 is 2.11 bits per heavy atom. The molecule has 0 aliphatic rings. The van der Waals surface area contributed by atoms with Crippen LogP contribution in [0.2, 0.25) is 5.02 Å². The Kier molecular flexibility index (Phi) is 4.19. The highest BCUT2D eigenvalue weighted by atomic mass is 35.5. The van der Waals surface area contributed by atoms with E-state index in [1.165, 1.54) is 0 Å². The highest BCUT2D eigenvalue weighted by molar-refractivity contribution is 6.33. The Balaban J connectivity index is 2.49. The maximum Gasteiger partial charge on any atom is 0.262 e. The Bertz CT molecular complexity index is 640. The number of aryl methyl sites for hydroxylation is 1. The smallest absolute Gasteiger partial charge is 0.262 e. The average Bonchev–Trinajstić information content (AvgIpc) is 2.38. The van der Waals surface area contributed by atoms with E-state index in [1.54, 1.807) is 24.3 Å². The van der Waals surface area contributed by atoms with Crippen LogP contribution < -0.4 is 11.3 Å². The molecule has 0 bridgehead atoms. The number of nitrogens with two attached hydrogens (primary N) is 1. The second-order valence-corrected chi connectivity index (χ2v) is 4.49. The first-order valence-electron chi connectivity index (χ1n) is 5.90. The van der Waals surface area contributed by atoms with Gasteiger partial charge in [-0.25, -0.2) is 0 Å². The van der Waals surface area contributed by atoms with Crippen LogP contribution >= 0.6 is 11.6 Å². The number of H-pyrrole nitrogens is 1. The SMILES string of the molecule is NCCCc1nc(O)c(-c2ccccc2Cl)c(=O)[nH]1. The molecule has 4 N–H and O–H groups in total. The van der Waals surface area contributed by atoms with E-state index in [9.17, 15) is 9.90 Å². The van der Waals surface area contributed by atoms with Crippen LogP contribution in [-0.4, -0.2) is 21.6 Å². The number of nitrogens with one attached hydrogen (secondary N) is 1. The monoisotopic (exact) mass is 279 g/mol. The molecule has 1 aromatic carbocycles. The van der Waals surface area contributed by atoms with E-state index >= 15 is 0 Å². The molecule has 19 heavy (non-hydrogen) atoms. The summed E-state index contributed by atoms with van der Waals surface area (Å²) in [5.41, 5.74) is 5.53. The Morgan fingerprint density at radius 1 is 1.37 bits per heavy atom. The maximum absolute atomic E-state index is 12.0. The Morgan fingerprint density at radius 3 is 2.74 bits per heavy atom. The third-order valence-electron chi connectivity index (χ3n) is 2.71. The highest BCUT2D eigenvalue weighted by Crippen LogP contribution is 2.29. The van der Waals surface area contributed by atoms with E-state index in [4.69, 9.17) is 17.3 Å². The van der Waals surface area contributed by atoms with Gasteiger partial charge in [-0.1, -0.05) is 29.8 Å². The second-order valence-electron chi connectivity index (χ2n) is 4.08. The second kappa shape index (κ2) is 5.86. The van der Waals surface area contributed by atoms with Crippen LogP contribution in [0.25, 0.3) is 11.1 Å². The minimum Gasteiger partial charge on any atom is -0.493 e. The molecule has 5 nitrogen and oxygen atoms in total. The maximum atomic E-state index is 12.0. The Labute approximate surface area is 115 Å². The van der Waals surface area contributed by atoms with Crippen molar-refractivity contribution in [2.24, 2.45) is 5.73 Å². The number of nitrogens with zero attached hydrogens (tertiary/aromatic N) is 1. The van der Waals surface area contributed by atoms with Gasteiger partial charge in [0.15, 0.2) is 0 Å². The first kappa shape index (κ1) is 13.6. The van der Waals surface area contributed by atoms with Crippen molar-refractivity contribution in [1.29, 1.82) is 0 Å². The number of aromatic nitrogens is 2. The molecule has 0 saturated carbocycles. The molecule has 100 valence electrons. The van der Waals surface area contributed by atoms with Gasteiger partial charge in [0.05, 0.1) is 0 Å². The van der Waals surface area contributed by atoms with E-state index in [2.05, 4.69) is 9.97 Å². The van der Waals surface area contributed by atoms with Crippen molar-refractivity contribution in [2.45, 2.75) is 12.8 Å². The molecule has 1 heterocycles. The molecule has 0 unspecified atom stereocenters. The molecule has 0 saturated heterocycles. The zero-order valence-corrected chi connectivity index (χ0v) is 10.9. The van der Waals surface area contributed by atoms with E-state index in [0.29, 0.717) is 35.8 Å². The highest BCUT2D eigenvalue weighted by Gasteiger charge is 2.15. The largest absolute Gasteiger partial charge is 0.493 e. The van der Waals surface area contributed by atoms with E-state index in [1.807, 2.05) is 0 Å². The summed E-state index contributed by atoms with van der Waals surface area (Å²) in [5, 5.41) is 10.3. The number of hydrogen-bond acceptors (Lipinski definition) is 4.